The Morgan fingerprint density at radius 3 is 2.89 bits per heavy atom. The smallest absolute Gasteiger partial charge is 0.147 e. The Morgan fingerprint density at radius 1 is 1.26 bits per heavy atom. The molecule has 0 aromatic carbocycles. The van der Waals surface area contributed by atoms with Crippen LogP contribution in [0.2, 0.25) is 0 Å². The van der Waals surface area contributed by atoms with Crippen LogP contribution in [-0.4, -0.2) is 33.3 Å². The monoisotopic (exact) mass is 261 g/mol. The second kappa shape index (κ2) is 5.08. The lowest BCUT2D eigenvalue weighted by Crippen LogP contribution is -2.49. The summed E-state index contributed by atoms with van der Waals surface area (Å²) in [5, 5.41) is 10.7. The molecule has 2 aliphatic rings. The summed E-state index contributed by atoms with van der Waals surface area (Å²) in [5.74, 6) is 1.33. The quantitative estimate of drug-likeness (QED) is 0.888. The summed E-state index contributed by atoms with van der Waals surface area (Å²) < 4.78 is 0. The van der Waals surface area contributed by atoms with E-state index in [-0.39, 0.29) is 0 Å². The molecule has 0 amide bonds. The molecule has 2 fully saturated rings. The first-order valence-corrected chi connectivity index (χ1v) is 7.43. The number of aromatic nitrogens is 2. The number of rotatable bonds is 2. The van der Waals surface area contributed by atoms with Gasteiger partial charge in [-0.25, -0.2) is 4.98 Å². The van der Waals surface area contributed by atoms with E-state index in [0.717, 1.165) is 38.0 Å². The van der Waals surface area contributed by atoms with Gasteiger partial charge in [-0.1, -0.05) is 12.8 Å². The van der Waals surface area contributed by atoms with Gasteiger partial charge >= 0.3 is 0 Å². The minimum absolute atomic E-state index is 0.366. The lowest BCUT2D eigenvalue weighted by Gasteiger charge is -2.43. The minimum atomic E-state index is -0.520. The molecule has 104 valence electrons. The average molecular weight is 261 g/mol. The average Bonchev–Trinajstić information content (AvgIpc) is 2.88. The lowest BCUT2D eigenvalue weighted by molar-refractivity contribution is -0.0411. The molecule has 1 aliphatic heterocycles. The van der Waals surface area contributed by atoms with Gasteiger partial charge in [-0.05, 0) is 32.6 Å². The lowest BCUT2D eigenvalue weighted by atomic mass is 9.72. The van der Waals surface area contributed by atoms with Crippen molar-refractivity contribution in [2.45, 2.75) is 57.1 Å². The van der Waals surface area contributed by atoms with Crippen LogP contribution in [0.3, 0.4) is 0 Å². The highest BCUT2D eigenvalue weighted by atomic mass is 16.3. The number of aliphatic hydroxyl groups is 1. The van der Waals surface area contributed by atoms with Crippen molar-refractivity contribution in [3.8, 4) is 0 Å². The van der Waals surface area contributed by atoms with E-state index in [2.05, 4.69) is 14.9 Å². The van der Waals surface area contributed by atoms with Crippen molar-refractivity contribution in [3.05, 3.63) is 18.6 Å². The standard InChI is InChI=1S/C15H23N3O/c1-15(19)7-3-2-5-12(15)13-6-4-10-18(13)14-11-16-8-9-17-14/h8-9,11-13,19H,2-7,10H2,1H3. The van der Waals surface area contributed by atoms with E-state index in [0.29, 0.717) is 12.0 Å². The fourth-order valence-corrected chi connectivity index (χ4v) is 3.89. The Hall–Kier alpha value is -1.16. The van der Waals surface area contributed by atoms with Gasteiger partial charge in [0.1, 0.15) is 5.82 Å². The van der Waals surface area contributed by atoms with Crippen molar-refractivity contribution in [1.29, 1.82) is 0 Å². The molecule has 19 heavy (non-hydrogen) atoms. The maximum Gasteiger partial charge on any atom is 0.147 e. The van der Waals surface area contributed by atoms with Crippen molar-refractivity contribution >= 4 is 5.82 Å². The molecular weight excluding hydrogens is 238 g/mol. The predicted octanol–water partition coefficient (Wildman–Crippen LogP) is 2.39. The highest BCUT2D eigenvalue weighted by molar-refractivity contribution is 5.39. The van der Waals surface area contributed by atoms with E-state index in [1.54, 1.807) is 12.4 Å². The first kappa shape index (κ1) is 12.9. The van der Waals surface area contributed by atoms with Crippen molar-refractivity contribution in [2.75, 3.05) is 11.4 Å². The summed E-state index contributed by atoms with van der Waals surface area (Å²) >= 11 is 0. The molecule has 3 atom stereocenters. The maximum atomic E-state index is 10.7. The molecule has 2 heterocycles. The molecule has 0 radical (unpaired) electrons. The van der Waals surface area contributed by atoms with E-state index >= 15 is 0 Å². The zero-order chi connectivity index (χ0) is 13.3. The van der Waals surface area contributed by atoms with Gasteiger partial charge in [0.15, 0.2) is 0 Å². The van der Waals surface area contributed by atoms with Gasteiger partial charge in [0, 0.05) is 30.9 Å². The molecule has 1 aromatic heterocycles. The van der Waals surface area contributed by atoms with Crippen LogP contribution >= 0.6 is 0 Å². The molecule has 0 bridgehead atoms. The van der Waals surface area contributed by atoms with Gasteiger partial charge in [0.2, 0.25) is 0 Å². The van der Waals surface area contributed by atoms with Gasteiger partial charge in [0.25, 0.3) is 0 Å². The third-order valence-electron chi connectivity index (χ3n) is 4.85. The SMILES string of the molecule is CC1(O)CCCCC1C1CCCN1c1cnccn1. The zero-order valence-electron chi connectivity index (χ0n) is 11.6. The van der Waals surface area contributed by atoms with E-state index in [4.69, 9.17) is 0 Å². The molecule has 1 aromatic rings. The number of nitrogens with zero attached hydrogens (tertiary/aromatic N) is 3. The molecule has 4 nitrogen and oxygen atoms in total. The maximum absolute atomic E-state index is 10.7. The topological polar surface area (TPSA) is 49.2 Å². The van der Waals surface area contributed by atoms with Gasteiger partial charge in [0.05, 0.1) is 11.8 Å². The summed E-state index contributed by atoms with van der Waals surface area (Å²) in [5.41, 5.74) is -0.520. The first-order chi connectivity index (χ1) is 9.18. The van der Waals surface area contributed by atoms with E-state index < -0.39 is 5.60 Å². The van der Waals surface area contributed by atoms with Crippen LogP contribution in [0.25, 0.3) is 0 Å². The highest BCUT2D eigenvalue weighted by Gasteiger charge is 2.43. The second-order valence-corrected chi connectivity index (χ2v) is 6.18. The molecule has 1 aliphatic carbocycles. The molecule has 3 unspecified atom stereocenters. The van der Waals surface area contributed by atoms with E-state index in [1.165, 1.54) is 12.8 Å². The van der Waals surface area contributed by atoms with Crippen molar-refractivity contribution in [2.24, 2.45) is 5.92 Å². The van der Waals surface area contributed by atoms with Crippen LogP contribution in [0.1, 0.15) is 45.4 Å². The molecule has 1 saturated heterocycles. The third-order valence-corrected chi connectivity index (χ3v) is 4.85. The molecular formula is C15H23N3O. The van der Waals surface area contributed by atoms with Gasteiger partial charge in [-0.3, -0.25) is 4.98 Å². The van der Waals surface area contributed by atoms with Gasteiger partial charge in [-0.2, -0.15) is 0 Å². The Morgan fingerprint density at radius 2 is 2.16 bits per heavy atom. The van der Waals surface area contributed by atoms with Crippen LogP contribution in [0.4, 0.5) is 5.82 Å². The van der Waals surface area contributed by atoms with Crippen LogP contribution < -0.4 is 4.90 Å². The minimum Gasteiger partial charge on any atom is -0.390 e. The zero-order valence-corrected chi connectivity index (χ0v) is 11.6. The van der Waals surface area contributed by atoms with Crippen LogP contribution in [0.5, 0.6) is 0 Å². The van der Waals surface area contributed by atoms with Gasteiger partial charge < -0.3 is 10.0 Å². The largest absolute Gasteiger partial charge is 0.390 e. The summed E-state index contributed by atoms with van der Waals surface area (Å²) in [6.07, 6.45) is 12.1. The number of hydrogen-bond acceptors (Lipinski definition) is 4. The molecule has 3 rings (SSSR count). The van der Waals surface area contributed by atoms with Crippen LogP contribution in [0, 0.1) is 5.92 Å². The van der Waals surface area contributed by atoms with Crippen LogP contribution in [-0.2, 0) is 0 Å². The summed E-state index contributed by atoms with van der Waals surface area (Å²) in [7, 11) is 0. The van der Waals surface area contributed by atoms with E-state index in [1.807, 2.05) is 13.1 Å². The van der Waals surface area contributed by atoms with Crippen LogP contribution in [0.15, 0.2) is 18.6 Å². The molecule has 1 N–H and O–H groups in total. The normalized spacial score (nSPS) is 35.6. The number of anilines is 1. The summed E-state index contributed by atoms with van der Waals surface area (Å²) in [4.78, 5) is 11.0. The fourth-order valence-electron chi connectivity index (χ4n) is 3.89. The first-order valence-electron chi connectivity index (χ1n) is 7.43. The Labute approximate surface area is 114 Å². The summed E-state index contributed by atoms with van der Waals surface area (Å²) in [6, 6.07) is 0.423. The van der Waals surface area contributed by atoms with Crippen molar-refractivity contribution in [3.63, 3.8) is 0 Å². The second-order valence-electron chi connectivity index (χ2n) is 6.18. The van der Waals surface area contributed by atoms with Gasteiger partial charge in [-0.15, -0.1) is 0 Å². The molecule has 0 spiro atoms. The predicted molar refractivity (Wildman–Crippen MR) is 75.0 cm³/mol. The Balaban J connectivity index is 1.83. The number of hydrogen-bond donors (Lipinski definition) is 1. The third kappa shape index (κ3) is 2.46. The Kier molecular flexibility index (Phi) is 3.44. The highest BCUT2D eigenvalue weighted by Crippen LogP contribution is 2.41. The van der Waals surface area contributed by atoms with Crippen molar-refractivity contribution in [1.82, 2.24) is 9.97 Å². The summed E-state index contributed by atoms with van der Waals surface area (Å²) in [6.45, 7) is 3.06. The van der Waals surface area contributed by atoms with Crippen molar-refractivity contribution < 1.29 is 5.11 Å². The van der Waals surface area contributed by atoms with E-state index in [9.17, 15) is 5.11 Å². The fraction of sp³-hybridized carbons (Fsp3) is 0.733. The Bertz CT molecular complexity index is 421. The molecule has 4 heteroatoms. The molecule has 1 saturated carbocycles.